The van der Waals surface area contributed by atoms with Crippen LogP contribution in [0.3, 0.4) is 0 Å². The van der Waals surface area contributed by atoms with Crippen LogP contribution in [0.5, 0.6) is 0 Å². The van der Waals surface area contributed by atoms with Crippen molar-refractivity contribution in [1.29, 1.82) is 0 Å². The third-order valence-corrected chi connectivity index (χ3v) is 0.962. The largest absolute Gasteiger partial charge is 0.462 e. The minimum atomic E-state index is 0.836. The van der Waals surface area contributed by atoms with Crippen molar-refractivity contribution in [1.82, 2.24) is 0 Å². The van der Waals surface area contributed by atoms with Crippen molar-refractivity contribution in [2.45, 2.75) is 6.92 Å². The number of furan rings is 1. The summed E-state index contributed by atoms with van der Waals surface area (Å²) in [6, 6.07) is 3.80. The van der Waals surface area contributed by atoms with Crippen molar-refractivity contribution in [2.24, 2.45) is 0 Å². The van der Waals surface area contributed by atoms with Crippen LogP contribution in [0.2, 0.25) is 0 Å². The Morgan fingerprint density at radius 1 is 1.62 bits per heavy atom. The van der Waals surface area contributed by atoms with Gasteiger partial charge in [-0.05, 0) is 25.1 Å². The van der Waals surface area contributed by atoms with Crippen molar-refractivity contribution in [3.63, 3.8) is 0 Å². The lowest BCUT2D eigenvalue weighted by molar-refractivity contribution is 0.525. The summed E-state index contributed by atoms with van der Waals surface area (Å²) in [5.41, 5.74) is 0. The Morgan fingerprint density at radius 2 is 2.38 bits per heavy atom. The third-order valence-electron chi connectivity index (χ3n) is 0.962. The maximum atomic E-state index is 5.11. The molecule has 0 unspecified atom stereocenters. The van der Waals surface area contributed by atoms with Gasteiger partial charge in [0.05, 0.1) is 0 Å². The average molecular weight is 108 g/mol. The van der Waals surface area contributed by atoms with Crippen LogP contribution in [0.1, 0.15) is 11.5 Å². The summed E-state index contributed by atoms with van der Waals surface area (Å²) in [5.74, 6) is 1.77. The predicted octanol–water partition coefficient (Wildman–Crippen LogP) is 2.23. The molecule has 1 heterocycles. The first kappa shape index (κ1) is 5.16. The minimum Gasteiger partial charge on any atom is -0.462 e. The molecule has 1 aromatic heterocycles. The number of rotatable bonds is 1. The van der Waals surface area contributed by atoms with Gasteiger partial charge in [-0.25, -0.2) is 0 Å². The highest BCUT2D eigenvalue weighted by molar-refractivity contribution is 5.39. The molecule has 0 radical (unpaired) electrons. The molecule has 0 aliphatic heterocycles. The van der Waals surface area contributed by atoms with Gasteiger partial charge in [-0.2, -0.15) is 0 Å². The Morgan fingerprint density at radius 3 is 2.62 bits per heavy atom. The topological polar surface area (TPSA) is 13.1 Å². The Hall–Kier alpha value is -0.980. The molecule has 1 aromatic rings. The van der Waals surface area contributed by atoms with Crippen molar-refractivity contribution >= 4 is 6.08 Å². The summed E-state index contributed by atoms with van der Waals surface area (Å²) in [7, 11) is 0. The van der Waals surface area contributed by atoms with Gasteiger partial charge in [0, 0.05) is 0 Å². The molecule has 0 aliphatic carbocycles. The molecule has 0 aromatic carbocycles. The molecule has 42 valence electrons. The van der Waals surface area contributed by atoms with E-state index >= 15 is 0 Å². The SMILES string of the molecule is C=Cc1ccc(C)o1. The Kier molecular flexibility index (Phi) is 1.20. The van der Waals surface area contributed by atoms with Gasteiger partial charge >= 0.3 is 0 Å². The summed E-state index contributed by atoms with van der Waals surface area (Å²) >= 11 is 0. The quantitative estimate of drug-likeness (QED) is 0.537. The Bertz CT molecular complexity index is 186. The lowest BCUT2D eigenvalue weighted by Crippen LogP contribution is -1.55. The molecule has 0 saturated carbocycles. The first-order chi connectivity index (χ1) is 3.83. The Balaban J connectivity index is 3.00. The summed E-state index contributed by atoms with van der Waals surface area (Å²) in [6.45, 7) is 5.46. The van der Waals surface area contributed by atoms with Crippen LogP contribution in [0.15, 0.2) is 23.1 Å². The zero-order valence-corrected chi connectivity index (χ0v) is 4.85. The van der Waals surface area contributed by atoms with Gasteiger partial charge in [0.1, 0.15) is 11.5 Å². The van der Waals surface area contributed by atoms with Crippen molar-refractivity contribution < 1.29 is 4.42 Å². The molecule has 8 heavy (non-hydrogen) atoms. The van der Waals surface area contributed by atoms with E-state index in [4.69, 9.17) is 4.42 Å². The van der Waals surface area contributed by atoms with Crippen LogP contribution >= 0.6 is 0 Å². The molecule has 1 nitrogen and oxygen atoms in total. The molecule has 0 atom stereocenters. The highest BCUT2D eigenvalue weighted by Gasteiger charge is 1.88. The highest BCUT2D eigenvalue weighted by Crippen LogP contribution is 2.05. The molecule has 0 saturated heterocycles. The van der Waals surface area contributed by atoms with E-state index in [0.29, 0.717) is 0 Å². The van der Waals surface area contributed by atoms with Crippen LogP contribution in [-0.2, 0) is 0 Å². The summed E-state index contributed by atoms with van der Waals surface area (Å²) in [4.78, 5) is 0. The van der Waals surface area contributed by atoms with Gasteiger partial charge in [-0.15, -0.1) is 0 Å². The third kappa shape index (κ3) is 0.808. The van der Waals surface area contributed by atoms with E-state index in [0.717, 1.165) is 11.5 Å². The molecular weight excluding hydrogens is 100 g/mol. The van der Waals surface area contributed by atoms with Crippen LogP contribution < -0.4 is 0 Å². The van der Waals surface area contributed by atoms with Gasteiger partial charge in [-0.3, -0.25) is 0 Å². The first-order valence-electron chi connectivity index (χ1n) is 2.52. The number of aryl methyl sites for hydroxylation is 1. The van der Waals surface area contributed by atoms with Crippen LogP contribution in [0.4, 0.5) is 0 Å². The second-order valence-electron chi connectivity index (χ2n) is 1.65. The lowest BCUT2D eigenvalue weighted by atomic mass is 10.4. The van der Waals surface area contributed by atoms with E-state index in [9.17, 15) is 0 Å². The zero-order chi connectivity index (χ0) is 5.98. The smallest absolute Gasteiger partial charge is 0.126 e. The molecule has 0 spiro atoms. The van der Waals surface area contributed by atoms with Crippen molar-refractivity contribution in [3.8, 4) is 0 Å². The average Bonchev–Trinajstić information content (AvgIpc) is 2.14. The molecule has 0 bridgehead atoms. The molecule has 1 heteroatoms. The summed E-state index contributed by atoms with van der Waals surface area (Å²) in [6.07, 6.45) is 1.69. The summed E-state index contributed by atoms with van der Waals surface area (Å²) < 4.78 is 5.11. The number of hydrogen-bond donors (Lipinski definition) is 0. The van der Waals surface area contributed by atoms with Gasteiger partial charge in [0.2, 0.25) is 0 Å². The second kappa shape index (κ2) is 1.86. The van der Waals surface area contributed by atoms with Crippen molar-refractivity contribution in [2.75, 3.05) is 0 Å². The van der Waals surface area contributed by atoms with E-state index in [1.54, 1.807) is 6.08 Å². The van der Waals surface area contributed by atoms with E-state index in [-0.39, 0.29) is 0 Å². The minimum absolute atomic E-state index is 0.836. The van der Waals surface area contributed by atoms with Crippen LogP contribution in [0.25, 0.3) is 6.08 Å². The summed E-state index contributed by atoms with van der Waals surface area (Å²) in [5, 5.41) is 0. The molecule has 0 fully saturated rings. The molecule has 0 aliphatic rings. The highest BCUT2D eigenvalue weighted by atomic mass is 16.3. The van der Waals surface area contributed by atoms with Crippen LogP contribution in [0, 0.1) is 6.92 Å². The first-order valence-corrected chi connectivity index (χ1v) is 2.52. The lowest BCUT2D eigenvalue weighted by Gasteiger charge is -1.78. The van der Waals surface area contributed by atoms with Crippen LogP contribution in [-0.4, -0.2) is 0 Å². The van der Waals surface area contributed by atoms with Gasteiger partial charge in [0.15, 0.2) is 0 Å². The van der Waals surface area contributed by atoms with E-state index in [1.807, 2.05) is 19.1 Å². The standard InChI is InChI=1S/C7H8O/c1-3-7-5-4-6(2)8-7/h3-5H,1H2,2H3. The van der Waals surface area contributed by atoms with Gasteiger partial charge in [0.25, 0.3) is 0 Å². The predicted molar refractivity (Wildman–Crippen MR) is 33.5 cm³/mol. The monoisotopic (exact) mass is 108 g/mol. The zero-order valence-electron chi connectivity index (χ0n) is 4.85. The maximum Gasteiger partial charge on any atom is 0.126 e. The molecule has 0 amide bonds. The maximum absolute atomic E-state index is 5.11. The fourth-order valence-corrected chi connectivity index (χ4v) is 0.563. The second-order valence-corrected chi connectivity index (χ2v) is 1.65. The Labute approximate surface area is 48.6 Å². The fraction of sp³-hybridized carbons (Fsp3) is 0.143. The van der Waals surface area contributed by atoms with E-state index in [1.165, 1.54) is 0 Å². The van der Waals surface area contributed by atoms with Gasteiger partial charge < -0.3 is 4.42 Å². The van der Waals surface area contributed by atoms with E-state index in [2.05, 4.69) is 6.58 Å². The molecule has 1 rings (SSSR count). The molecular formula is C7H8O. The normalized spacial score (nSPS) is 9.12. The van der Waals surface area contributed by atoms with Gasteiger partial charge in [-0.1, -0.05) is 6.58 Å². The van der Waals surface area contributed by atoms with Crippen molar-refractivity contribution in [3.05, 3.63) is 30.2 Å². The fourth-order valence-electron chi connectivity index (χ4n) is 0.563. The molecule has 0 N–H and O–H groups in total. The van der Waals surface area contributed by atoms with E-state index < -0.39 is 0 Å². The number of hydrogen-bond acceptors (Lipinski definition) is 1.